The zero-order valence-electron chi connectivity index (χ0n) is 17.2. The molecule has 0 radical (unpaired) electrons. The molecule has 1 atom stereocenters. The smallest absolute Gasteiger partial charge is 0.242 e. The number of ether oxygens (including phenoxy) is 2. The number of benzene rings is 3. The van der Waals surface area contributed by atoms with Crippen LogP contribution in [-0.4, -0.2) is 27.5 Å². The molecule has 0 spiro atoms. The Bertz CT molecular complexity index is 1100. The third kappa shape index (κ3) is 6.31. The van der Waals surface area contributed by atoms with E-state index in [2.05, 4.69) is 10.0 Å². The quantitative estimate of drug-likeness (QED) is 0.530. The molecule has 0 saturated carbocycles. The number of hydrogen-bond acceptors (Lipinski definition) is 5. The van der Waals surface area contributed by atoms with E-state index in [9.17, 15) is 13.2 Å². The molecule has 0 aromatic heterocycles. The maximum absolute atomic E-state index is 12.5. The van der Waals surface area contributed by atoms with Crippen LogP contribution >= 0.6 is 0 Å². The summed E-state index contributed by atoms with van der Waals surface area (Å²) in [6, 6.07) is 21.6. The molecule has 162 valence electrons. The maximum Gasteiger partial charge on any atom is 0.242 e. The third-order valence-corrected chi connectivity index (χ3v) is 6.02. The van der Waals surface area contributed by atoms with Gasteiger partial charge in [0.1, 0.15) is 18.1 Å². The summed E-state index contributed by atoms with van der Waals surface area (Å²) in [5, 5.41) is 2.69. The second kappa shape index (κ2) is 10.1. The first-order valence-electron chi connectivity index (χ1n) is 9.61. The van der Waals surface area contributed by atoms with Crippen molar-refractivity contribution in [2.75, 3.05) is 12.4 Å². The fourth-order valence-corrected chi connectivity index (χ4v) is 3.94. The van der Waals surface area contributed by atoms with E-state index < -0.39 is 22.0 Å². The first-order chi connectivity index (χ1) is 14.9. The molecule has 0 aliphatic heterocycles. The van der Waals surface area contributed by atoms with E-state index in [-0.39, 0.29) is 4.90 Å². The summed E-state index contributed by atoms with van der Waals surface area (Å²) >= 11 is 0. The summed E-state index contributed by atoms with van der Waals surface area (Å²) in [4.78, 5) is 12.5. The zero-order chi connectivity index (χ0) is 22.3. The topological polar surface area (TPSA) is 93.7 Å². The van der Waals surface area contributed by atoms with Crippen LogP contribution in [0.2, 0.25) is 0 Å². The average Bonchev–Trinajstić information content (AvgIpc) is 2.79. The van der Waals surface area contributed by atoms with E-state index >= 15 is 0 Å². The number of hydrogen-bond donors (Lipinski definition) is 2. The molecule has 2 N–H and O–H groups in total. The van der Waals surface area contributed by atoms with Gasteiger partial charge in [0.05, 0.1) is 18.0 Å². The van der Waals surface area contributed by atoms with Gasteiger partial charge in [0.25, 0.3) is 0 Å². The second-order valence-electron chi connectivity index (χ2n) is 6.81. The van der Waals surface area contributed by atoms with Gasteiger partial charge in [-0.2, -0.15) is 4.72 Å². The highest BCUT2D eigenvalue weighted by atomic mass is 32.2. The average molecular weight is 441 g/mol. The lowest BCUT2D eigenvalue weighted by Crippen LogP contribution is -2.41. The summed E-state index contributed by atoms with van der Waals surface area (Å²) in [5.74, 6) is 0.728. The van der Waals surface area contributed by atoms with E-state index in [1.807, 2.05) is 30.3 Å². The van der Waals surface area contributed by atoms with Crippen molar-refractivity contribution < 1.29 is 22.7 Å². The Labute approximate surface area is 182 Å². The van der Waals surface area contributed by atoms with Crippen LogP contribution in [0.1, 0.15) is 12.5 Å². The first kappa shape index (κ1) is 22.3. The summed E-state index contributed by atoms with van der Waals surface area (Å²) in [6.07, 6.45) is 0. The van der Waals surface area contributed by atoms with Gasteiger partial charge in [-0.1, -0.05) is 30.3 Å². The molecule has 3 rings (SSSR count). The monoisotopic (exact) mass is 440 g/mol. The Hall–Kier alpha value is -3.36. The molecule has 3 aromatic rings. The van der Waals surface area contributed by atoms with Gasteiger partial charge in [-0.25, -0.2) is 8.42 Å². The standard InChI is InChI=1S/C23H24N2O5S/c1-17(25-31(27,28)22-14-12-20(29-2)13-15-22)23(26)24-19-8-10-21(11-9-19)30-16-18-6-4-3-5-7-18/h3-15,17,25H,16H2,1-2H3,(H,24,26). The van der Waals surface area contributed by atoms with Gasteiger partial charge in [0.15, 0.2) is 0 Å². The summed E-state index contributed by atoms with van der Waals surface area (Å²) in [7, 11) is -2.35. The SMILES string of the molecule is COc1ccc(S(=O)(=O)NC(C)C(=O)Nc2ccc(OCc3ccccc3)cc2)cc1. The van der Waals surface area contributed by atoms with E-state index in [4.69, 9.17) is 9.47 Å². The molecule has 31 heavy (non-hydrogen) atoms. The Morgan fingerprint density at radius 3 is 2.13 bits per heavy atom. The van der Waals surface area contributed by atoms with Crippen molar-refractivity contribution in [1.82, 2.24) is 4.72 Å². The number of amides is 1. The number of methoxy groups -OCH3 is 1. The van der Waals surface area contributed by atoms with E-state index in [1.165, 1.54) is 26.2 Å². The predicted molar refractivity (Wildman–Crippen MR) is 119 cm³/mol. The molecule has 8 heteroatoms. The van der Waals surface area contributed by atoms with Crippen LogP contribution in [0.15, 0.2) is 83.8 Å². The van der Waals surface area contributed by atoms with Crippen molar-refractivity contribution >= 4 is 21.6 Å². The number of rotatable bonds is 9. The molecule has 0 aliphatic rings. The number of anilines is 1. The first-order valence-corrected chi connectivity index (χ1v) is 11.1. The summed E-state index contributed by atoms with van der Waals surface area (Å²) in [5.41, 5.74) is 1.59. The Kier molecular flexibility index (Phi) is 7.28. The molecule has 0 bridgehead atoms. The van der Waals surface area contributed by atoms with Crippen molar-refractivity contribution in [2.24, 2.45) is 0 Å². The van der Waals surface area contributed by atoms with Gasteiger partial charge in [-0.15, -0.1) is 0 Å². The fraction of sp³-hybridized carbons (Fsp3) is 0.174. The van der Waals surface area contributed by atoms with Gasteiger partial charge in [-0.05, 0) is 61.0 Å². The van der Waals surface area contributed by atoms with E-state index in [0.717, 1.165) is 5.56 Å². The van der Waals surface area contributed by atoms with Crippen LogP contribution in [0.3, 0.4) is 0 Å². The van der Waals surface area contributed by atoms with Gasteiger partial charge >= 0.3 is 0 Å². The van der Waals surface area contributed by atoms with Gasteiger partial charge in [0.2, 0.25) is 15.9 Å². The predicted octanol–water partition coefficient (Wildman–Crippen LogP) is 3.58. The molecule has 0 fully saturated rings. The molecule has 0 heterocycles. The molecule has 3 aromatic carbocycles. The highest BCUT2D eigenvalue weighted by Gasteiger charge is 2.22. The van der Waals surface area contributed by atoms with Crippen LogP contribution in [0.25, 0.3) is 0 Å². The van der Waals surface area contributed by atoms with Crippen molar-refractivity contribution in [3.63, 3.8) is 0 Å². The van der Waals surface area contributed by atoms with E-state index in [0.29, 0.717) is 23.8 Å². The summed E-state index contributed by atoms with van der Waals surface area (Å²) < 4.78 is 38.1. The molecule has 7 nitrogen and oxygen atoms in total. The van der Waals surface area contributed by atoms with E-state index in [1.54, 1.807) is 36.4 Å². The lowest BCUT2D eigenvalue weighted by Gasteiger charge is -2.15. The van der Waals surface area contributed by atoms with Gasteiger partial charge in [0, 0.05) is 5.69 Å². The zero-order valence-corrected chi connectivity index (χ0v) is 18.1. The van der Waals surface area contributed by atoms with Crippen LogP contribution in [0, 0.1) is 0 Å². The van der Waals surface area contributed by atoms with Crippen molar-refractivity contribution in [3.8, 4) is 11.5 Å². The Balaban J connectivity index is 1.55. The molecule has 0 aliphatic carbocycles. The van der Waals surface area contributed by atoms with Crippen molar-refractivity contribution in [3.05, 3.63) is 84.4 Å². The third-order valence-electron chi connectivity index (χ3n) is 4.47. The highest BCUT2D eigenvalue weighted by molar-refractivity contribution is 7.89. The van der Waals surface area contributed by atoms with Gasteiger partial charge < -0.3 is 14.8 Å². The van der Waals surface area contributed by atoms with Gasteiger partial charge in [-0.3, -0.25) is 4.79 Å². The molecular formula is C23H24N2O5S. The van der Waals surface area contributed by atoms with Crippen LogP contribution in [0.4, 0.5) is 5.69 Å². The molecule has 1 amide bonds. The largest absolute Gasteiger partial charge is 0.497 e. The normalized spacial score (nSPS) is 12.1. The highest BCUT2D eigenvalue weighted by Crippen LogP contribution is 2.18. The van der Waals surface area contributed by atoms with Crippen LogP contribution in [-0.2, 0) is 21.4 Å². The number of nitrogens with one attached hydrogen (secondary N) is 2. The lowest BCUT2D eigenvalue weighted by atomic mass is 10.2. The lowest BCUT2D eigenvalue weighted by molar-refractivity contribution is -0.117. The second-order valence-corrected chi connectivity index (χ2v) is 8.52. The number of sulfonamides is 1. The fourth-order valence-electron chi connectivity index (χ4n) is 2.74. The van der Waals surface area contributed by atoms with Crippen molar-refractivity contribution in [2.45, 2.75) is 24.5 Å². The minimum absolute atomic E-state index is 0.0490. The van der Waals surface area contributed by atoms with Crippen LogP contribution in [0.5, 0.6) is 11.5 Å². The minimum atomic E-state index is -3.85. The van der Waals surface area contributed by atoms with Crippen molar-refractivity contribution in [1.29, 1.82) is 0 Å². The Morgan fingerprint density at radius 1 is 0.903 bits per heavy atom. The Morgan fingerprint density at radius 2 is 1.52 bits per heavy atom. The maximum atomic E-state index is 12.5. The molecule has 0 saturated heterocycles. The number of carbonyl (C=O) groups excluding carboxylic acids is 1. The molecule has 1 unspecified atom stereocenters. The number of carbonyl (C=O) groups is 1. The summed E-state index contributed by atoms with van der Waals surface area (Å²) in [6.45, 7) is 1.92. The van der Waals surface area contributed by atoms with Crippen LogP contribution < -0.4 is 19.5 Å². The molecular weight excluding hydrogens is 416 g/mol. The minimum Gasteiger partial charge on any atom is -0.497 e.